The number of hydrogen-bond acceptors (Lipinski definition) is 5. The minimum Gasteiger partial charge on any atom is -0.465 e. The predicted molar refractivity (Wildman–Crippen MR) is 103 cm³/mol. The van der Waals surface area contributed by atoms with Crippen molar-refractivity contribution in [3.8, 4) is 0 Å². The third kappa shape index (κ3) is 2.33. The topological polar surface area (TPSA) is 87.0 Å². The number of carbonyl (C=O) groups excluding carboxylic acids is 1. The molecule has 0 aromatic carbocycles. The van der Waals surface area contributed by atoms with Crippen molar-refractivity contribution in [3.05, 3.63) is 0 Å². The van der Waals surface area contributed by atoms with E-state index >= 15 is 0 Å². The van der Waals surface area contributed by atoms with Crippen molar-refractivity contribution in [2.24, 2.45) is 40.4 Å². The fourth-order valence-corrected chi connectivity index (χ4v) is 8.37. The van der Waals surface area contributed by atoms with Gasteiger partial charge in [-0.25, -0.2) is 0 Å². The van der Waals surface area contributed by atoms with Crippen LogP contribution in [0, 0.1) is 40.4 Å². The maximum absolute atomic E-state index is 12.2. The maximum Gasteiger partial charge on any atom is 0.306 e. The van der Waals surface area contributed by atoms with E-state index in [0.29, 0.717) is 25.2 Å². The van der Waals surface area contributed by atoms with Crippen LogP contribution in [-0.2, 0) is 9.53 Å². The average molecular weight is 397 g/mol. The molecule has 5 fully saturated rings. The molecular formula is C23H36O5. The molecule has 0 radical (unpaired) electrons. The molecule has 11 atom stereocenters. The Morgan fingerprint density at radius 1 is 1.07 bits per heavy atom. The zero-order valence-corrected chi connectivity index (χ0v) is 17.1. The van der Waals surface area contributed by atoms with Gasteiger partial charge in [0.05, 0.1) is 30.8 Å². The molecule has 5 nitrogen and oxygen atoms in total. The van der Waals surface area contributed by atoms with Gasteiger partial charge in [-0.15, -0.1) is 0 Å². The monoisotopic (exact) mass is 396 g/mol. The highest BCUT2D eigenvalue weighted by atomic mass is 16.5. The van der Waals surface area contributed by atoms with E-state index in [1.807, 2.05) is 6.92 Å². The lowest BCUT2D eigenvalue weighted by Crippen LogP contribution is -2.67. The molecule has 3 N–H and O–H groups in total. The number of hydrogen-bond donors (Lipinski definition) is 3. The Balaban J connectivity index is 1.52. The van der Waals surface area contributed by atoms with Gasteiger partial charge in [-0.05, 0) is 80.5 Å². The van der Waals surface area contributed by atoms with Crippen LogP contribution in [0.2, 0.25) is 0 Å². The molecule has 0 amide bonds. The van der Waals surface area contributed by atoms with Crippen LogP contribution in [0.25, 0.3) is 0 Å². The predicted octanol–water partition coefficient (Wildman–Crippen LogP) is 2.66. The van der Waals surface area contributed by atoms with Crippen molar-refractivity contribution in [2.75, 3.05) is 6.61 Å². The molecule has 0 aromatic heterocycles. The molecule has 1 saturated heterocycles. The van der Waals surface area contributed by atoms with Crippen molar-refractivity contribution < 1.29 is 27.6 Å². The molecule has 5 heteroatoms. The van der Waals surface area contributed by atoms with Crippen LogP contribution in [0.1, 0.15) is 74.4 Å². The van der Waals surface area contributed by atoms with Crippen LogP contribution in [0.3, 0.4) is 0 Å². The van der Waals surface area contributed by atoms with E-state index < -0.39 is 41.3 Å². The molecule has 1 aliphatic heterocycles. The quantitative estimate of drug-likeness (QED) is 0.593. The second kappa shape index (κ2) is 6.18. The molecule has 0 spiro atoms. The molecule has 5 rings (SSSR count). The molecule has 4 aliphatic carbocycles. The number of aliphatic hydroxyl groups excluding tert-OH is 2. The van der Waals surface area contributed by atoms with Crippen molar-refractivity contribution in [1.29, 1.82) is 0 Å². The summed E-state index contributed by atoms with van der Waals surface area (Å²) >= 11 is 0. The summed E-state index contributed by atoms with van der Waals surface area (Å²) < 4.78 is 22.4. The van der Waals surface area contributed by atoms with Crippen molar-refractivity contribution in [3.63, 3.8) is 0 Å². The Bertz CT molecular complexity index is 749. The fraction of sp³-hybridized carbons (Fsp3) is 0.957. The van der Waals surface area contributed by atoms with Crippen LogP contribution >= 0.6 is 0 Å². The molecule has 1 heterocycles. The van der Waals surface area contributed by atoms with Gasteiger partial charge in [-0.1, -0.05) is 13.8 Å². The Morgan fingerprint density at radius 2 is 1.86 bits per heavy atom. The Kier molecular flexibility index (Phi) is 3.77. The zero-order chi connectivity index (χ0) is 21.7. The third-order valence-electron chi connectivity index (χ3n) is 10.0. The summed E-state index contributed by atoms with van der Waals surface area (Å²) in [6, 6.07) is 0. The van der Waals surface area contributed by atoms with E-state index in [1.165, 1.54) is 0 Å². The highest BCUT2D eigenvalue weighted by Crippen LogP contribution is 2.70. The van der Waals surface area contributed by atoms with Gasteiger partial charge >= 0.3 is 5.97 Å². The molecule has 3 unspecified atom stereocenters. The minimum atomic E-state index is -1.43. The van der Waals surface area contributed by atoms with Crippen molar-refractivity contribution in [1.82, 2.24) is 0 Å². The largest absolute Gasteiger partial charge is 0.465 e. The summed E-state index contributed by atoms with van der Waals surface area (Å²) in [4.78, 5) is 12.0. The van der Waals surface area contributed by atoms with Gasteiger partial charge in [0.2, 0.25) is 0 Å². The standard InChI is InChI=1S/C23H36O5/c1-21-7-5-15(24)10-14(21)3-4-17-18(21)11-19(25)22(2)16(6-8-23(17,22)27)13-9-20(26)28-12-13/h13-19,24-25,27H,3-12H2,1-2H3/t13?,14?,15-,16+,17+,18-,19+,21-,22-,23-/m0/s1/i9T,13T/t9?,13?,14?,15-,16+,17+,18-,19+,21-,22-,23-. The Hall–Kier alpha value is -0.650. The average Bonchev–Trinajstić information content (AvgIpc) is 3.13. The van der Waals surface area contributed by atoms with Crippen LogP contribution in [0.4, 0.5) is 0 Å². The van der Waals surface area contributed by atoms with E-state index in [0.717, 1.165) is 32.1 Å². The van der Waals surface area contributed by atoms with Gasteiger partial charge in [-0.3, -0.25) is 4.79 Å². The van der Waals surface area contributed by atoms with Gasteiger partial charge in [0.15, 0.2) is 0 Å². The number of aliphatic hydroxyl groups is 3. The van der Waals surface area contributed by atoms with E-state index in [2.05, 4.69) is 6.92 Å². The summed E-state index contributed by atoms with van der Waals surface area (Å²) in [6.45, 7) is 4.06. The zero-order valence-electron chi connectivity index (χ0n) is 19.1. The normalized spacial score (nSPS) is 64.9. The first kappa shape index (κ1) is 17.1. The van der Waals surface area contributed by atoms with Gasteiger partial charge < -0.3 is 20.1 Å². The van der Waals surface area contributed by atoms with Crippen LogP contribution in [-0.4, -0.2) is 45.7 Å². The summed E-state index contributed by atoms with van der Waals surface area (Å²) in [6.07, 6.45) is 3.64. The number of carbonyl (C=O) groups is 1. The summed E-state index contributed by atoms with van der Waals surface area (Å²) in [7, 11) is 0. The van der Waals surface area contributed by atoms with Crippen molar-refractivity contribution >= 4 is 5.97 Å². The first-order chi connectivity index (χ1) is 14.0. The first-order valence-electron chi connectivity index (χ1n) is 12.2. The SMILES string of the molecule is [3H]C1C(=O)OCC1([3H])[C@H]1CC[C@]2(O)[C@@H]3CCC4C[C@@H](O)CC[C@]4(C)[C@H]3C[C@@H](O)[C@]12C. The van der Waals surface area contributed by atoms with Gasteiger partial charge in [0.1, 0.15) is 0 Å². The number of ether oxygens (including phenoxy) is 1. The van der Waals surface area contributed by atoms with E-state index in [9.17, 15) is 20.1 Å². The fourth-order valence-electron chi connectivity index (χ4n) is 8.37. The molecule has 0 bridgehead atoms. The van der Waals surface area contributed by atoms with E-state index in [4.69, 9.17) is 7.48 Å². The van der Waals surface area contributed by atoms with E-state index in [-0.39, 0.29) is 30.0 Å². The van der Waals surface area contributed by atoms with Gasteiger partial charge in [0.25, 0.3) is 0 Å². The molecule has 0 aromatic rings. The number of rotatable bonds is 1. The third-order valence-corrected chi connectivity index (χ3v) is 10.0. The van der Waals surface area contributed by atoms with Crippen LogP contribution in [0.5, 0.6) is 0 Å². The molecular weight excluding hydrogens is 356 g/mol. The Labute approximate surface area is 170 Å². The molecule has 4 saturated carbocycles. The minimum absolute atomic E-state index is 0.00131. The number of esters is 1. The number of fused-ring (bicyclic) bond motifs is 5. The Morgan fingerprint density at radius 3 is 2.57 bits per heavy atom. The number of cyclic esters (lactones) is 1. The lowest BCUT2D eigenvalue weighted by molar-refractivity contribution is -0.250. The maximum atomic E-state index is 12.2. The van der Waals surface area contributed by atoms with Gasteiger partial charge in [0, 0.05) is 14.1 Å². The second-order valence-electron chi connectivity index (χ2n) is 10.8. The molecule has 28 heavy (non-hydrogen) atoms. The second-order valence-corrected chi connectivity index (χ2v) is 10.8. The summed E-state index contributed by atoms with van der Waals surface area (Å²) in [5, 5.41) is 33.9. The lowest BCUT2D eigenvalue weighted by atomic mass is 9.42. The highest BCUT2D eigenvalue weighted by molar-refractivity contribution is 5.71. The highest BCUT2D eigenvalue weighted by Gasteiger charge is 2.71. The van der Waals surface area contributed by atoms with Crippen LogP contribution in [0.15, 0.2) is 0 Å². The first-order valence-corrected chi connectivity index (χ1v) is 11.2. The summed E-state index contributed by atoms with van der Waals surface area (Å²) in [5.74, 6) is -1.91. The lowest BCUT2D eigenvalue weighted by Gasteiger charge is -2.65. The van der Waals surface area contributed by atoms with Gasteiger partial charge in [-0.2, -0.15) is 0 Å². The van der Waals surface area contributed by atoms with Crippen LogP contribution < -0.4 is 0 Å². The molecule has 5 aliphatic rings. The summed E-state index contributed by atoms with van der Waals surface area (Å²) in [5.41, 5.74) is -2.04. The smallest absolute Gasteiger partial charge is 0.306 e. The van der Waals surface area contributed by atoms with E-state index in [1.54, 1.807) is 0 Å². The molecule has 158 valence electrons. The van der Waals surface area contributed by atoms with Crippen molar-refractivity contribution in [2.45, 2.75) is 89.4 Å².